The molecule has 0 aliphatic rings. The zero-order valence-corrected chi connectivity index (χ0v) is 18.5. The van der Waals surface area contributed by atoms with Crippen molar-refractivity contribution in [3.05, 3.63) is 88.7 Å². The summed E-state index contributed by atoms with van der Waals surface area (Å²) in [7, 11) is 0. The van der Waals surface area contributed by atoms with Crippen LogP contribution in [0, 0.1) is 11.2 Å². The highest BCUT2D eigenvalue weighted by molar-refractivity contribution is 6.30. The Labute approximate surface area is 195 Å². The minimum Gasteiger partial charge on any atom is -0.483 e. The number of ether oxygens (including phenoxy) is 1. The first kappa shape index (κ1) is 23.7. The van der Waals surface area contributed by atoms with E-state index in [4.69, 9.17) is 27.5 Å². The molecule has 0 spiro atoms. The fourth-order valence-electron chi connectivity index (χ4n) is 3.06. The van der Waals surface area contributed by atoms with E-state index in [-0.39, 0.29) is 24.9 Å². The van der Waals surface area contributed by atoms with E-state index in [0.29, 0.717) is 33.3 Å². The molecule has 7 nitrogen and oxygen atoms in total. The molecule has 0 atom stereocenters. The van der Waals surface area contributed by atoms with E-state index >= 15 is 0 Å². The van der Waals surface area contributed by atoms with Crippen molar-refractivity contribution in [3.63, 3.8) is 0 Å². The van der Waals surface area contributed by atoms with Crippen LogP contribution in [0.2, 0.25) is 5.02 Å². The predicted octanol–water partition coefficient (Wildman–Crippen LogP) is 4.33. The van der Waals surface area contributed by atoms with E-state index in [2.05, 4.69) is 5.32 Å². The zero-order chi connectivity index (χ0) is 24.0. The van der Waals surface area contributed by atoms with Crippen LogP contribution in [0.5, 0.6) is 5.75 Å². The molecule has 3 aromatic rings. The number of carbonyl (C=O) groups is 2. The first-order valence-electron chi connectivity index (χ1n) is 9.92. The summed E-state index contributed by atoms with van der Waals surface area (Å²) in [6, 6.07) is 17.1. The summed E-state index contributed by atoms with van der Waals surface area (Å²) >= 11 is 6.08. The maximum atomic E-state index is 13.0. The fourth-order valence-corrected chi connectivity index (χ4v) is 3.24. The summed E-state index contributed by atoms with van der Waals surface area (Å²) in [5.74, 6) is -0.956. The van der Waals surface area contributed by atoms with Gasteiger partial charge in [0.25, 0.3) is 5.91 Å². The van der Waals surface area contributed by atoms with Gasteiger partial charge in [-0.2, -0.15) is 0 Å². The number of amidine groups is 1. The lowest BCUT2D eigenvalue weighted by Crippen LogP contribution is -2.28. The number of benzene rings is 3. The molecule has 4 N–H and O–H groups in total. The molecule has 0 radical (unpaired) electrons. The number of nitrogens with two attached hydrogens (primary N) is 1. The Bertz CT molecular complexity index is 1180. The van der Waals surface area contributed by atoms with Crippen molar-refractivity contribution in [3.8, 4) is 5.75 Å². The molecule has 3 rings (SSSR count). The van der Waals surface area contributed by atoms with E-state index < -0.39 is 11.7 Å². The Hall–Kier alpha value is -3.91. The lowest BCUT2D eigenvalue weighted by Gasteiger charge is -2.23. The number of nitrogens with one attached hydrogen (secondary N) is 2. The third-order valence-corrected chi connectivity index (χ3v) is 4.93. The molecule has 0 unspecified atom stereocenters. The number of anilines is 2. The molecule has 0 saturated heterocycles. The van der Waals surface area contributed by atoms with Gasteiger partial charge < -0.3 is 20.7 Å². The molecule has 2 amide bonds. The summed E-state index contributed by atoms with van der Waals surface area (Å²) < 4.78 is 18.8. The monoisotopic (exact) mass is 468 g/mol. The second-order valence-corrected chi connectivity index (χ2v) is 7.60. The van der Waals surface area contributed by atoms with E-state index in [1.165, 1.54) is 36.1 Å². The number of hydrogen-bond donors (Lipinski definition) is 3. The van der Waals surface area contributed by atoms with Crippen LogP contribution in [0.4, 0.5) is 15.8 Å². The summed E-state index contributed by atoms with van der Waals surface area (Å²) in [5.41, 5.74) is 7.63. The quantitative estimate of drug-likeness (QED) is 0.337. The van der Waals surface area contributed by atoms with Crippen LogP contribution < -0.4 is 20.7 Å². The van der Waals surface area contributed by atoms with Gasteiger partial charge in [-0.3, -0.25) is 15.0 Å². The summed E-state index contributed by atoms with van der Waals surface area (Å²) in [5, 5.41) is 10.8. The molecular formula is C24H22ClFN4O3. The van der Waals surface area contributed by atoms with Gasteiger partial charge in [0.1, 0.15) is 17.4 Å². The number of amides is 2. The van der Waals surface area contributed by atoms with E-state index in [1.807, 2.05) is 0 Å². The van der Waals surface area contributed by atoms with Crippen LogP contribution in [-0.2, 0) is 16.1 Å². The summed E-state index contributed by atoms with van der Waals surface area (Å²) in [6.45, 7) is 1.23. The Morgan fingerprint density at radius 3 is 2.48 bits per heavy atom. The normalized spacial score (nSPS) is 10.4. The smallest absolute Gasteiger partial charge is 0.262 e. The average molecular weight is 469 g/mol. The summed E-state index contributed by atoms with van der Waals surface area (Å²) in [4.78, 5) is 26.2. The Morgan fingerprint density at radius 2 is 1.85 bits per heavy atom. The number of carbonyl (C=O) groups excluding carboxylic acids is 2. The molecule has 0 heterocycles. The van der Waals surface area contributed by atoms with Gasteiger partial charge in [-0.25, -0.2) is 4.39 Å². The van der Waals surface area contributed by atoms with Crippen LogP contribution in [0.25, 0.3) is 0 Å². The first-order valence-corrected chi connectivity index (χ1v) is 10.3. The molecule has 9 heteroatoms. The van der Waals surface area contributed by atoms with Crippen molar-refractivity contribution in [2.24, 2.45) is 5.73 Å². The van der Waals surface area contributed by atoms with Crippen LogP contribution in [0.1, 0.15) is 18.1 Å². The van der Waals surface area contributed by atoms with Gasteiger partial charge in [-0.15, -0.1) is 0 Å². The molecule has 0 fully saturated rings. The second kappa shape index (κ2) is 10.6. The van der Waals surface area contributed by atoms with Crippen LogP contribution in [-0.4, -0.2) is 24.3 Å². The standard InChI is InChI=1S/C24H22ClFN4O3/c1-15(31)30(21-4-2-3-18(25)12-21)13-17-6-5-16(24(27)28)11-22(17)33-14-23(32)29-20-9-7-19(26)8-10-20/h2-12H,13-14H2,1H3,(H3,27,28)(H,29,32). The van der Waals surface area contributed by atoms with Crippen molar-refractivity contribution in [1.82, 2.24) is 0 Å². The minimum atomic E-state index is -0.459. The molecule has 0 bridgehead atoms. The number of nitrogen functional groups attached to an aromatic ring is 1. The highest BCUT2D eigenvalue weighted by atomic mass is 35.5. The molecule has 0 saturated carbocycles. The molecule has 3 aromatic carbocycles. The number of hydrogen-bond acceptors (Lipinski definition) is 4. The summed E-state index contributed by atoms with van der Waals surface area (Å²) in [6.07, 6.45) is 0. The predicted molar refractivity (Wildman–Crippen MR) is 126 cm³/mol. The lowest BCUT2D eigenvalue weighted by molar-refractivity contribution is -0.118. The van der Waals surface area contributed by atoms with Gasteiger partial charge in [-0.05, 0) is 48.5 Å². The molecule has 0 aliphatic carbocycles. The Morgan fingerprint density at radius 1 is 1.12 bits per heavy atom. The van der Waals surface area contributed by atoms with Crippen molar-refractivity contribution in [1.29, 1.82) is 5.41 Å². The average Bonchev–Trinajstić information content (AvgIpc) is 2.77. The molecule has 170 valence electrons. The maximum Gasteiger partial charge on any atom is 0.262 e. The highest BCUT2D eigenvalue weighted by Gasteiger charge is 2.17. The van der Waals surface area contributed by atoms with Crippen molar-refractivity contribution >= 4 is 40.6 Å². The first-order chi connectivity index (χ1) is 15.7. The maximum absolute atomic E-state index is 13.0. The number of rotatable bonds is 8. The van der Waals surface area contributed by atoms with Crippen LogP contribution in [0.15, 0.2) is 66.7 Å². The van der Waals surface area contributed by atoms with Gasteiger partial charge >= 0.3 is 0 Å². The fraction of sp³-hybridized carbons (Fsp3) is 0.125. The van der Waals surface area contributed by atoms with Crippen molar-refractivity contribution in [2.75, 3.05) is 16.8 Å². The van der Waals surface area contributed by atoms with Crippen molar-refractivity contribution < 1.29 is 18.7 Å². The van der Waals surface area contributed by atoms with Gasteiger partial charge in [0.2, 0.25) is 5.91 Å². The van der Waals surface area contributed by atoms with Gasteiger partial charge in [0.15, 0.2) is 6.61 Å². The Kier molecular flexibility index (Phi) is 7.63. The van der Waals surface area contributed by atoms with Gasteiger partial charge in [0.05, 0.1) is 6.54 Å². The molecule has 33 heavy (non-hydrogen) atoms. The largest absolute Gasteiger partial charge is 0.483 e. The topological polar surface area (TPSA) is 109 Å². The van der Waals surface area contributed by atoms with Crippen LogP contribution in [0.3, 0.4) is 0 Å². The van der Waals surface area contributed by atoms with Gasteiger partial charge in [-0.1, -0.05) is 29.8 Å². The van der Waals surface area contributed by atoms with E-state index in [0.717, 1.165) is 0 Å². The van der Waals surface area contributed by atoms with E-state index in [1.54, 1.807) is 42.5 Å². The molecule has 0 aromatic heterocycles. The SMILES string of the molecule is CC(=O)N(Cc1ccc(C(=N)N)cc1OCC(=O)Nc1ccc(F)cc1)c1cccc(Cl)c1. The number of nitrogens with zero attached hydrogens (tertiary/aromatic N) is 1. The zero-order valence-electron chi connectivity index (χ0n) is 17.8. The minimum absolute atomic E-state index is 0.142. The van der Waals surface area contributed by atoms with Crippen LogP contribution >= 0.6 is 11.6 Å². The third kappa shape index (κ3) is 6.54. The third-order valence-electron chi connectivity index (χ3n) is 4.69. The Balaban J connectivity index is 1.81. The highest BCUT2D eigenvalue weighted by Crippen LogP contribution is 2.27. The second-order valence-electron chi connectivity index (χ2n) is 7.16. The lowest BCUT2D eigenvalue weighted by atomic mass is 10.1. The van der Waals surface area contributed by atoms with Crippen molar-refractivity contribution in [2.45, 2.75) is 13.5 Å². The number of halogens is 2. The molecular weight excluding hydrogens is 447 g/mol. The van der Waals surface area contributed by atoms with Gasteiger partial charge in [0, 0.05) is 34.4 Å². The van der Waals surface area contributed by atoms with E-state index in [9.17, 15) is 14.0 Å². The molecule has 0 aliphatic heterocycles.